The van der Waals surface area contributed by atoms with Gasteiger partial charge < -0.3 is 4.74 Å². The standard InChI is InChI=1S/C7H9F3O/c1-5-2-3-11-6(4-5)7(8,9)10/h6H,1-4H2. The molecule has 4 heteroatoms. The number of alkyl halides is 3. The lowest BCUT2D eigenvalue weighted by atomic mass is 10.0. The third-order valence-electron chi connectivity index (χ3n) is 1.61. The molecule has 1 unspecified atom stereocenters. The molecular formula is C7H9F3O. The molecule has 1 saturated heterocycles. The van der Waals surface area contributed by atoms with Gasteiger partial charge in [-0.15, -0.1) is 0 Å². The van der Waals surface area contributed by atoms with Gasteiger partial charge in [0.1, 0.15) is 0 Å². The Kier molecular flexibility index (Phi) is 2.23. The second-order valence-electron chi connectivity index (χ2n) is 2.61. The van der Waals surface area contributed by atoms with Gasteiger partial charge >= 0.3 is 6.18 Å². The van der Waals surface area contributed by atoms with Crippen LogP contribution in [-0.2, 0) is 4.74 Å². The lowest BCUT2D eigenvalue weighted by Gasteiger charge is -2.25. The van der Waals surface area contributed by atoms with E-state index in [9.17, 15) is 13.2 Å². The predicted molar refractivity (Wildman–Crippen MR) is 34.2 cm³/mol. The van der Waals surface area contributed by atoms with Gasteiger partial charge in [-0.2, -0.15) is 13.2 Å². The molecule has 1 nitrogen and oxygen atoms in total. The van der Waals surface area contributed by atoms with E-state index in [1.54, 1.807) is 0 Å². The number of ether oxygens (including phenoxy) is 1. The van der Waals surface area contributed by atoms with Crippen LogP contribution in [0.3, 0.4) is 0 Å². The van der Waals surface area contributed by atoms with E-state index in [1.807, 2.05) is 0 Å². The van der Waals surface area contributed by atoms with E-state index in [0.717, 1.165) is 0 Å². The Morgan fingerprint density at radius 3 is 2.45 bits per heavy atom. The van der Waals surface area contributed by atoms with E-state index in [0.29, 0.717) is 12.0 Å². The van der Waals surface area contributed by atoms with Crippen LogP contribution >= 0.6 is 0 Å². The van der Waals surface area contributed by atoms with Gasteiger partial charge in [-0.05, 0) is 6.42 Å². The molecule has 1 aliphatic rings. The van der Waals surface area contributed by atoms with Crippen LogP contribution in [0.15, 0.2) is 12.2 Å². The summed E-state index contributed by atoms with van der Waals surface area (Å²) >= 11 is 0. The Labute approximate surface area is 62.8 Å². The smallest absolute Gasteiger partial charge is 0.368 e. The molecule has 64 valence electrons. The summed E-state index contributed by atoms with van der Waals surface area (Å²) in [5, 5.41) is 0. The summed E-state index contributed by atoms with van der Waals surface area (Å²) in [6.45, 7) is 3.64. The maximum absolute atomic E-state index is 11.9. The molecule has 1 heterocycles. The van der Waals surface area contributed by atoms with Gasteiger partial charge in [0.2, 0.25) is 0 Å². The predicted octanol–water partition coefficient (Wildman–Crippen LogP) is 2.28. The molecule has 0 aromatic rings. The zero-order valence-electron chi connectivity index (χ0n) is 5.95. The third kappa shape index (κ3) is 2.22. The van der Waals surface area contributed by atoms with Gasteiger partial charge in [0.25, 0.3) is 0 Å². The van der Waals surface area contributed by atoms with Crippen molar-refractivity contribution in [2.45, 2.75) is 25.1 Å². The summed E-state index contributed by atoms with van der Waals surface area (Å²) in [6.07, 6.45) is -5.39. The minimum atomic E-state index is -4.23. The van der Waals surface area contributed by atoms with Gasteiger partial charge in [0.15, 0.2) is 6.10 Å². The van der Waals surface area contributed by atoms with Crippen molar-refractivity contribution in [1.29, 1.82) is 0 Å². The Balaban J connectivity index is 2.53. The minimum absolute atomic E-state index is 0.0799. The number of hydrogen-bond donors (Lipinski definition) is 0. The molecule has 1 aliphatic heterocycles. The zero-order valence-corrected chi connectivity index (χ0v) is 5.95. The van der Waals surface area contributed by atoms with Crippen molar-refractivity contribution in [3.8, 4) is 0 Å². The molecular weight excluding hydrogens is 157 g/mol. The largest absolute Gasteiger partial charge is 0.414 e. The normalized spacial score (nSPS) is 27.2. The fraction of sp³-hybridized carbons (Fsp3) is 0.714. The van der Waals surface area contributed by atoms with Crippen molar-refractivity contribution in [2.24, 2.45) is 0 Å². The van der Waals surface area contributed by atoms with Gasteiger partial charge in [-0.1, -0.05) is 12.2 Å². The Morgan fingerprint density at radius 2 is 2.09 bits per heavy atom. The van der Waals surface area contributed by atoms with Crippen LogP contribution in [0.2, 0.25) is 0 Å². The lowest BCUT2D eigenvalue weighted by Crippen LogP contribution is -2.35. The quantitative estimate of drug-likeness (QED) is 0.501. The first-order valence-corrected chi connectivity index (χ1v) is 3.35. The van der Waals surface area contributed by atoms with Gasteiger partial charge in [-0.25, -0.2) is 0 Å². The highest BCUT2D eigenvalue weighted by Gasteiger charge is 2.41. The van der Waals surface area contributed by atoms with Crippen LogP contribution in [0.5, 0.6) is 0 Å². The average molecular weight is 166 g/mol. The van der Waals surface area contributed by atoms with Crippen molar-refractivity contribution in [3.05, 3.63) is 12.2 Å². The molecule has 0 spiro atoms. The summed E-state index contributed by atoms with van der Waals surface area (Å²) in [7, 11) is 0. The van der Waals surface area contributed by atoms with E-state index in [-0.39, 0.29) is 13.0 Å². The minimum Gasteiger partial charge on any atom is -0.368 e. The van der Waals surface area contributed by atoms with Gasteiger partial charge in [0, 0.05) is 6.42 Å². The molecule has 0 amide bonds. The van der Waals surface area contributed by atoms with Crippen LogP contribution in [0, 0.1) is 0 Å². The van der Waals surface area contributed by atoms with E-state index in [2.05, 4.69) is 11.3 Å². The highest BCUT2D eigenvalue weighted by atomic mass is 19.4. The summed E-state index contributed by atoms with van der Waals surface area (Å²) in [4.78, 5) is 0. The SMILES string of the molecule is C=C1CCOC(C(F)(F)F)C1. The third-order valence-corrected chi connectivity index (χ3v) is 1.61. The molecule has 0 aromatic heterocycles. The molecule has 1 atom stereocenters. The first-order chi connectivity index (χ1) is 5.00. The summed E-state index contributed by atoms with van der Waals surface area (Å²) in [6, 6.07) is 0. The van der Waals surface area contributed by atoms with E-state index < -0.39 is 12.3 Å². The van der Waals surface area contributed by atoms with Crippen molar-refractivity contribution in [2.75, 3.05) is 6.61 Å². The highest BCUT2D eigenvalue weighted by molar-refractivity contribution is 5.00. The summed E-state index contributed by atoms with van der Waals surface area (Å²) in [5.74, 6) is 0. The Bertz CT molecular complexity index is 162. The molecule has 0 radical (unpaired) electrons. The lowest BCUT2D eigenvalue weighted by molar-refractivity contribution is -0.224. The zero-order chi connectivity index (χ0) is 8.48. The van der Waals surface area contributed by atoms with Gasteiger partial charge in [-0.3, -0.25) is 0 Å². The van der Waals surface area contributed by atoms with E-state index >= 15 is 0 Å². The molecule has 0 saturated carbocycles. The first-order valence-electron chi connectivity index (χ1n) is 3.35. The number of rotatable bonds is 0. The summed E-state index contributed by atoms with van der Waals surface area (Å²) < 4.78 is 40.4. The Hall–Kier alpha value is -0.510. The van der Waals surface area contributed by atoms with Crippen LogP contribution < -0.4 is 0 Å². The second-order valence-corrected chi connectivity index (χ2v) is 2.61. The Morgan fingerprint density at radius 1 is 1.45 bits per heavy atom. The van der Waals surface area contributed by atoms with E-state index in [1.165, 1.54) is 0 Å². The van der Waals surface area contributed by atoms with Crippen LogP contribution in [0.4, 0.5) is 13.2 Å². The van der Waals surface area contributed by atoms with Crippen LogP contribution in [0.1, 0.15) is 12.8 Å². The second kappa shape index (κ2) is 2.85. The molecule has 0 aliphatic carbocycles. The molecule has 1 fully saturated rings. The highest BCUT2D eigenvalue weighted by Crippen LogP contribution is 2.31. The number of halogens is 3. The first kappa shape index (κ1) is 8.59. The van der Waals surface area contributed by atoms with Crippen LogP contribution in [0.25, 0.3) is 0 Å². The topological polar surface area (TPSA) is 9.23 Å². The number of hydrogen-bond acceptors (Lipinski definition) is 1. The molecule has 1 rings (SSSR count). The monoisotopic (exact) mass is 166 g/mol. The van der Waals surface area contributed by atoms with Crippen LogP contribution in [-0.4, -0.2) is 18.9 Å². The fourth-order valence-corrected chi connectivity index (χ4v) is 0.979. The summed E-state index contributed by atoms with van der Waals surface area (Å²) in [5.41, 5.74) is 0.624. The van der Waals surface area contributed by atoms with Crippen molar-refractivity contribution in [3.63, 3.8) is 0 Å². The molecule has 11 heavy (non-hydrogen) atoms. The molecule has 0 N–H and O–H groups in total. The van der Waals surface area contributed by atoms with Gasteiger partial charge in [0.05, 0.1) is 6.61 Å². The molecule has 0 bridgehead atoms. The van der Waals surface area contributed by atoms with Crippen molar-refractivity contribution < 1.29 is 17.9 Å². The maximum Gasteiger partial charge on any atom is 0.414 e. The van der Waals surface area contributed by atoms with Crippen molar-refractivity contribution in [1.82, 2.24) is 0 Å². The van der Waals surface area contributed by atoms with Crippen molar-refractivity contribution >= 4 is 0 Å². The van der Waals surface area contributed by atoms with E-state index in [4.69, 9.17) is 0 Å². The molecule has 0 aromatic carbocycles. The maximum atomic E-state index is 11.9. The average Bonchev–Trinajstić information content (AvgIpc) is 1.86. The fourth-order valence-electron chi connectivity index (χ4n) is 0.979.